The maximum absolute atomic E-state index is 12.5. The van der Waals surface area contributed by atoms with Crippen molar-refractivity contribution in [1.82, 2.24) is 15.1 Å². The van der Waals surface area contributed by atoms with Gasteiger partial charge in [0.1, 0.15) is 11.3 Å². The van der Waals surface area contributed by atoms with Gasteiger partial charge < -0.3 is 14.8 Å². The van der Waals surface area contributed by atoms with E-state index in [1.807, 2.05) is 61.5 Å². The Bertz CT molecular complexity index is 1030. The lowest BCUT2D eigenvalue weighted by Crippen LogP contribution is -2.30. The molecule has 1 heterocycles. The maximum Gasteiger partial charge on any atom is 0.342 e. The molecule has 162 valence electrons. The second kappa shape index (κ2) is 10.4. The largest absolute Gasteiger partial charge is 0.497 e. The van der Waals surface area contributed by atoms with Gasteiger partial charge >= 0.3 is 5.97 Å². The summed E-state index contributed by atoms with van der Waals surface area (Å²) in [4.78, 5) is 24.6. The van der Waals surface area contributed by atoms with E-state index < -0.39 is 5.97 Å². The summed E-state index contributed by atoms with van der Waals surface area (Å²) >= 11 is 0. The van der Waals surface area contributed by atoms with Crippen molar-refractivity contribution in [1.29, 1.82) is 0 Å². The van der Waals surface area contributed by atoms with Gasteiger partial charge in [0.15, 0.2) is 6.61 Å². The second-order valence-corrected chi connectivity index (χ2v) is 7.21. The van der Waals surface area contributed by atoms with Crippen molar-refractivity contribution in [2.45, 2.75) is 26.8 Å². The molecule has 0 saturated heterocycles. The molecule has 0 fully saturated rings. The monoisotopic (exact) mass is 421 g/mol. The molecular weight excluding hydrogens is 394 g/mol. The lowest BCUT2D eigenvalue weighted by atomic mass is 10.1. The zero-order valence-electron chi connectivity index (χ0n) is 18.1. The Balaban J connectivity index is 1.49. The van der Waals surface area contributed by atoms with E-state index in [-0.39, 0.29) is 12.5 Å². The fourth-order valence-electron chi connectivity index (χ4n) is 3.30. The van der Waals surface area contributed by atoms with Crippen LogP contribution in [0.1, 0.15) is 32.9 Å². The van der Waals surface area contributed by atoms with Crippen LogP contribution < -0.4 is 10.1 Å². The molecule has 1 amide bonds. The number of aromatic nitrogens is 2. The predicted molar refractivity (Wildman–Crippen MR) is 117 cm³/mol. The number of nitrogens with zero attached hydrogens (tertiary/aromatic N) is 2. The molecule has 0 unspecified atom stereocenters. The third-order valence-corrected chi connectivity index (χ3v) is 4.99. The van der Waals surface area contributed by atoms with Gasteiger partial charge in [-0.15, -0.1) is 0 Å². The number of hydrogen-bond donors (Lipinski definition) is 1. The van der Waals surface area contributed by atoms with Crippen LogP contribution in [0, 0.1) is 13.8 Å². The van der Waals surface area contributed by atoms with E-state index in [1.54, 1.807) is 18.7 Å². The summed E-state index contributed by atoms with van der Waals surface area (Å²) in [7, 11) is 1.62. The highest BCUT2D eigenvalue weighted by Crippen LogP contribution is 2.16. The smallest absolute Gasteiger partial charge is 0.342 e. The molecule has 0 saturated carbocycles. The van der Waals surface area contributed by atoms with Crippen LogP contribution in [0.25, 0.3) is 0 Å². The molecule has 0 aliphatic rings. The molecule has 3 aromatic rings. The summed E-state index contributed by atoms with van der Waals surface area (Å²) in [6.07, 6.45) is 0.675. The van der Waals surface area contributed by atoms with E-state index in [4.69, 9.17) is 9.47 Å². The van der Waals surface area contributed by atoms with E-state index in [1.165, 1.54) is 0 Å². The normalized spacial score (nSPS) is 10.5. The van der Waals surface area contributed by atoms with Gasteiger partial charge in [0, 0.05) is 6.54 Å². The van der Waals surface area contributed by atoms with Crippen molar-refractivity contribution in [2.24, 2.45) is 0 Å². The number of carbonyl (C=O) groups is 2. The summed E-state index contributed by atoms with van der Waals surface area (Å²) in [6.45, 7) is 4.28. The summed E-state index contributed by atoms with van der Waals surface area (Å²) in [5.41, 5.74) is 3.87. The maximum atomic E-state index is 12.5. The van der Waals surface area contributed by atoms with Gasteiger partial charge in [0.05, 0.1) is 25.0 Å². The van der Waals surface area contributed by atoms with Gasteiger partial charge in [0.2, 0.25) is 0 Å². The highest BCUT2D eigenvalue weighted by Gasteiger charge is 2.21. The molecule has 31 heavy (non-hydrogen) atoms. The van der Waals surface area contributed by atoms with E-state index in [0.717, 1.165) is 16.9 Å². The zero-order valence-corrected chi connectivity index (χ0v) is 18.1. The van der Waals surface area contributed by atoms with Gasteiger partial charge in [-0.1, -0.05) is 42.5 Å². The predicted octanol–water partition coefficient (Wildman–Crippen LogP) is 3.07. The van der Waals surface area contributed by atoms with Gasteiger partial charge in [0.25, 0.3) is 5.91 Å². The molecule has 7 heteroatoms. The van der Waals surface area contributed by atoms with Crippen LogP contribution in [0.4, 0.5) is 0 Å². The average molecular weight is 421 g/mol. The molecule has 0 bridgehead atoms. The lowest BCUT2D eigenvalue weighted by molar-refractivity contribution is -0.124. The number of ether oxygens (including phenoxy) is 2. The van der Waals surface area contributed by atoms with Crippen LogP contribution in [0.15, 0.2) is 54.6 Å². The van der Waals surface area contributed by atoms with Gasteiger partial charge in [-0.05, 0) is 43.5 Å². The first kappa shape index (κ1) is 22.1. The first-order valence-electron chi connectivity index (χ1n) is 10.1. The summed E-state index contributed by atoms with van der Waals surface area (Å²) in [6, 6.07) is 17.5. The molecule has 1 N–H and O–H groups in total. The van der Waals surface area contributed by atoms with Crippen LogP contribution in [0.5, 0.6) is 5.75 Å². The van der Waals surface area contributed by atoms with Gasteiger partial charge in [-0.3, -0.25) is 9.48 Å². The number of nitrogens with one attached hydrogen (secondary N) is 1. The van der Waals surface area contributed by atoms with Crippen LogP contribution in [0.2, 0.25) is 0 Å². The van der Waals surface area contributed by atoms with Crippen LogP contribution in [-0.4, -0.2) is 41.9 Å². The van der Waals surface area contributed by atoms with E-state index in [0.29, 0.717) is 36.5 Å². The highest BCUT2D eigenvalue weighted by atomic mass is 16.5. The SMILES string of the molecule is COc1ccc(CCNC(=O)COC(=O)c2c(C)nn(Cc3ccccc3)c2C)cc1. The number of esters is 1. The van der Waals surface area contributed by atoms with Crippen molar-refractivity contribution in [3.05, 3.63) is 82.7 Å². The highest BCUT2D eigenvalue weighted by molar-refractivity contribution is 5.93. The number of carbonyl (C=O) groups excluding carboxylic acids is 2. The van der Waals surface area contributed by atoms with Crippen molar-refractivity contribution >= 4 is 11.9 Å². The number of benzene rings is 2. The second-order valence-electron chi connectivity index (χ2n) is 7.21. The first-order valence-corrected chi connectivity index (χ1v) is 10.1. The first-order chi connectivity index (χ1) is 15.0. The van der Waals surface area contributed by atoms with Crippen molar-refractivity contribution in [3.8, 4) is 5.75 Å². The molecule has 0 aliphatic heterocycles. The van der Waals surface area contributed by atoms with Crippen molar-refractivity contribution in [2.75, 3.05) is 20.3 Å². The van der Waals surface area contributed by atoms with E-state index in [9.17, 15) is 9.59 Å². The standard InChI is InChI=1S/C24H27N3O4/c1-17-23(18(2)27(26-17)15-20-7-5-4-6-8-20)24(29)31-16-22(28)25-14-13-19-9-11-21(30-3)12-10-19/h4-12H,13-16H2,1-3H3,(H,25,28). The topological polar surface area (TPSA) is 82.4 Å². The van der Waals surface area contributed by atoms with Crippen LogP contribution in [-0.2, 0) is 22.5 Å². The fraction of sp³-hybridized carbons (Fsp3) is 0.292. The number of methoxy groups -OCH3 is 1. The molecular formula is C24H27N3O4. The summed E-state index contributed by atoms with van der Waals surface area (Å²) in [5, 5.41) is 7.22. The molecule has 0 atom stereocenters. The molecule has 3 rings (SSSR count). The van der Waals surface area contributed by atoms with E-state index >= 15 is 0 Å². The third-order valence-electron chi connectivity index (χ3n) is 4.99. The molecule has 0 radical (unpaired) electrons. The number of aryl methyl sites for hydroxylation is 1. The Morgan fingerprint density at radius 1 is 1.00 bits per heavy atom. The number of amides is 1. The fourth-order valence-corrected chi connectivity index (χ4v) is 3.30. The quantitative estimate of drug-likeness (QED) is 0.537. The third kappa shape index (κ3) is 5.94. The average Bonchev–Trinajstić information content (AvgIpc) is 3.06. The van der Waals surface area contributed by atoms with Crippen LogP contribution >= 0.6 is 0 Å². The minimum atomic E-state index is -0.542. The molecule has 0 aliphatic carbocycles. The zero-order chi connectivity index (χ0) is 22.2. The van der Waals surface area contributed by atoms with Crippen molar-refractivity contribution < 1.29 is 19.1 Å². The Kier molecular flexibility index (Phi) is 7.43. The Morgan fingerprint density at radius 2 is 1.71 bits per heavy atom. The van der Waals surface area contributed by atoms with Crippen LogP contribution in [0.3, 0.4) is 0 Å². The molecule has 2 aromatic carbocycles. The Morgan fingerprint density at radius 3 is 2.39 bits per heavy atom. The van der Waals surface area contributed by atoms with E-state index in [2.05, 4.69) is 10.4 Å². The number of hydrogen-bond acceptors (Lipinski definition) is 5. The summed E-state index contributed by atoms with van der Waals surface area (Å²) < 4.78 is 12.1. The van der Waals surface area contributed by atoms with Gasteiger partial charge in [-0.2, -0.15) is 5.10 Å². The minimum absolute atomic E-state index is 0.329. The van der Waals surface area contributed by atoms with Crippen molar-refractivity contribution in [3.63, 3.8) is 0 Å². The molecule has 0 spiro atoms. The molecule has 1 aromatic heterocycles. The Labute approximate surface area is 182 Å². The van der Waals surface area contributed by atoms with Gasteiger partial charge in [-0.25, -0.2) is 4.79 Å². The molecule has 7 nitrogen and oxygen atoms in total. The minimum Gasteiger partial charge on any atom is -0.497 e. The summed E-state index contributed by atoms with van der Waals surface area (Å²) in [5.74, 6) is -0.0918. The lowest BCUT2D eigenvalue weighted by Gasteiger charge is -2.08. The number of rotatable bonds is 9. The Hall–Kier alpha value is -3.61.